The van der Waals surface area contributed by atoms with Gasteiger partial charge >= 0.3 is 0 Å². The number of halogens is 1. The van der Waals surface area contributed by atoms with Crippen LogP contribution in [0.1, 0.15) is 24.0 Å². The summed E-state index contributed by atoms with van der Waals surface area (Å²) in [4.78, 5) is 12.4. The number of nitrogens with one attached hydrogen (secondary N) is 2. The van der Waals surface area contributed by atoms with E-state index in [1.807, 2.05) is 6.92 Å². The summed E-state index contributed by atoms with van der Waals surface area (Å²) < 4.78 is 12.9. The average Bonchev–Trinajstić information content (AvgIpc) is 3.11. The third-order valence-electron chi connectivity index (χ3n) is 3.65. The molecule has 1 aromatic heterocycles. The summed E-state index contributed by atoms with van der Waals surface area (Å²) in [5, 5.41) is 9.48. The Bertz CT molecular complexity index is 614. The van der Waals surface area contributed by atoms with Gasteiger partial charge in [-0.3, -0.25) is 9.89 Å². The van der Waals surface area contributed by atoms with Gasteiger partial charge in [-0.1, -0.05) is 12.1 Å². The smallest absolute Gasteiger partial charge is 0.236 e. The zero-order chi connectivity index (χ0) is 13.5. The Morgan fingerprint density at radius 3 is 2.58 bits per heavy atom. The molecular formula is C14H14FN3O. The van der Waals surface area contributed by atoms with Gasteiger partial charge in [0, 0.05) is 5.56 Å². The van der Waals surface area contributed by atoms with Crippen LogP contribution >= 0.6 is 0 Å². The molecule has 0 atom stereocenters. The number of carbonyl (C=O) groups is 1. The van der Waals surface area contributed by atoms with E-state index >= 15 is 0 Å². The number of amides is 1. The van der Waals surface area contributed by atoms with Crippen molar-refractivity contribution in [1.82, 2.24) is 10.2 Å². The molecule has 1 saturated carbocycles. The van der Waals surface area contributed by atoms with E-state index in [4.69, 9.17) is 0 Å². The van der Waals surface area contributed by atoms with E-state index in [0.29, 0.717) is 5.82 Å². The molecule has 5 heteroatoms. The summed E-state index contributed by atoms with van der Waals surface area (Å²) >= 11 is 0. The molecule has 1 heterocycles. The Morgan fingerprint density at radius 1 is 1.37 bits per heavy atom. The van der Waals surface area contributed by atoms with E-state index in [-0.39, 0.29) is 11.7 Å². The predicted molar refractivity (Wildman–Crippen MR) is 69.3 cm³/mol. The monoisotopic (exact) mass is 259 g/mol. The van der Waals surface area contributed by atoms with Gasteiger partial charge in [0.05, 0.1) is 11.6 Å². The van der Waals surface area contributed by atoms with E-state index < -0.39 is 5.41 Å². The molecule has 4 nitrogen and oxygen atoms in total. The first-order valence-corrected chi connectivity index (χ1v) is 6.19. The van der Waals surface area contributed by atoms with Crippen molar-refractivity contribution in [2.45, 2.75) is 25.2 Å². The van der Waals surface area contributed by atoms with E-state index in [1.165, 1.54) is 12.1 Å². The maximum Gasteiger partial charge on any atom is 0.236 e. The highest BCUT2D eigenvalue weighted by atomic mass is 19.1. The number of aromatic nitrogens is 2. The van der Waals surface area contributed by atoms with Crippen LogP contribution in [0.4, 0.5) is 10.2 Å². The van der Waals surface area contributed by atoms with Crippen LogP contribution in [0, 0.1) is 12.7 Å². The second kappa shape index (κ2) is 4.19. The Balaban J connectivity index is 1.83. The molecule has 0 radical (unpaired) electrons. The molecule has 2 aromatic rings. The minimum Gasteiger partial charge on any atom is -0.310 e. The van der Waals surface area contributed by atoms with Gasteiger partial charge in [0.15, 0.2) is 0 Å². The lowest BCUT2D eigenvalue weighted by molar-refractivity contribution is -0.118. The maximum absolute atomic E-state index is 12.9. The van der Waals surface area contributed by atoms with Gasteiger partial charge in [0.25, 0.3) is 0 Å². The number of H-pyrrole nitrogens is 1. The van der Waals surface area contributed by atoms with Gasteiger partial charge in [-0.05, 0) is 37.5 Å². The SMILES string of the molecule is Cc1cn[nH]c1NC(=O)C1(c2ccc(F)cc2)CC1. The molecule has 98 valence electrons. The lowest BCUT2D eigenvalue weighted by Crippen LogP contribution is -2.28. The number of aromatic amines is 1. The van der Waals surface area contributed by atoms with Crippen molar-refractivity contribution >= 4 is 11.7 Å². The van der Waals surface area contributed by atoms with Gasteiger partial charge in [0.2, 0.25) is 5.91 Å². The molecule has 0 spiro atoms. The second-order valence-electron chi connectivity index (χ2n) is 4.97. The molecule has 0 aliphatic heterocycles. The van der Waals surface area contributed by atoms with Gasteiger partial charge in [-0.15, -0.1) is 0 Å². The molecule has 0 saturated heterocycles. The highest BCUT2D eigenvalue weighted by molar-refractivity contribution is 6.01. The van der Waals surface area contributed by atoms with Crippen LogP contribution in [-0.2, 0) is 10.2 Å². The molecule has 1 aliphatic carbocycles. The van der Waals surface area contributed by atoms with Crippen molar-refractivity contribution < 1.29 is 9.18 Å². The van der Waals surface area contributed by atoms with Crippen LogP contribution in [0.3, 0.4) is 0 Å². The normalized spacial score (nSPS) is 16.1. The summed E-state index contributed by atoms with van der Waals surface area (Å²) in [5.41, 5.74) is 1.25. The van der Waals surface area contributed by atoms with Crippen molar-refractivity contribution in [2.75, 3.05) is 5.32 Å². The second-order valence-corrected chi connectivity index (χ2v) is 4.97. The average molecular weight is 259 g/mol. The van der Waals surface area contributed by atoms with Crippen molar-refractivity contribution in [1.29, 1.82) is 0 Å². The lowest BCUT2D eigenvalue weighted by Gasteiger charge is -2.15. The van der Waals surface area contributed by atoms with Crippen molar-refractivity contribution in [3.63, 3.8) is 0 Å². The molecule has 2 N–H and O–H groups in total. The Hall–Kier alpha value is -2.17. The minimum absolute atomic E-state index is 0.0635. The van der Waals surface area contributed by atoms with E-state index in [0.717, 1.165) is 24.0 Å². The minimum atomic E-state index is -0.509. The summed E-state index contributed by atoms with van der Waals surface area (Å²) in [5.74, 6) is 0.272. The molecule has 19 heavy (non-hydrogen) atoms. The fourth-order valence-corrected chi connectivity index (χ4v) is 2.25. The first-order chi connectivity index (χ1) is 9.12. The number of rotatable bonds is 3. The van der Waals surface area contributed by atoms with Gasteiger partial charge in [-0.2, -0.15) is 5.10 Å². The summed E-state index contributed by atoms with van der Waals surface area (Å²) in [6.45, 7) is 1.87. The van der Waals surface area contributed by atoms with E-state index in [9.17, 15) is 9.18 Å². The summed E-state index contributed by atoms with van der Waals surface area (Å²) in [6.07, 6.45) is 3.24. The van der Waals surface area contributed by atoms with Crippen LogP contribution in [-0.4, -0.2) is 16.1 Å². The molecular weight excluding hydrogens is 245 g/mol. The highest BCUT2D eigenvalue weighted by Gasteiger charge is 2.51. The first kappa shape index (κ1) is 11.9. The van der Waals surface area contributed by atoms with Crippen molar-refractivity contribution in [3.05, 3.63) is 47.4 Å². The summed E-state index contributed by atoms with van der Waals surface area (Å²) in [7, 11) is 0. The summed E-state index contributed by atoms with van der Waals surface area (Å²) in [6, 6.07) is 6.15. The third-order valence-corrected chi connectivity index (χ3v) is 3.65. The standard InChI is InChI=1S/C14H14FN3O/c1-9-8-16-18-12(9)17-13(19)14(6-7-14)10-2-4-11(15)5-3-10/h2-5,8H,6-7H2,1H3,(H2,16,17,18,19). The molecule has 0 bridgehead atoms. The van der Waals surface area contributed by atoms with Gasteiger partial charge < -0.3 is 5.32 Å². The maximum atomic E-state index is 12.9. The predicted octanol–water partition coefficient (Wildman–Crippen LogP) is 2.53. The molecule has 1 aliphatic rings. The van der Waals surface area contributed by atoms with Crippen molar-refractivity contribution in [3.8, 4) is 0 Å². The van der Waals surface area contributed by atoms with Crippen LogP contribution in [0.15, 0.2) is 30.5 Å². The Morgan fingerprint density at radius 2 is 2.05 bits per heavy atom. The number of aryl methyl sites for hydroxylation is 1. The largest absolute Gasteiger partial charge is 0.310 e. The fraction of sp³-hybridized carbons (Fsp3) is 0.286. The molecule has 3 rings (SSSR count). The number of nitrogens with zero attached hydrogens (tertiary/aromatic N) is 1. The number of hydrogen-bond donors (Lipinski definition) is 2. The highest BCUT2D eigenvalue weighted by Crippen LogP contribution is 2.49. The number of hydrogen-bond acceptors (Lipinski definition) is 2. The van der Waals surface area contributed by atoms with Gasteiger partial charge in [0.1, 0.15) is 11.6 Å². The molecule has 0 unspecified atom stereocenters. The first-order valence-electron chi connectivity index (χ1n) is 6.19. The molecule has 1 aromatic carbocycles. The van der Waals surface area contributed by atoms with Gasteiger partial charge in [-0.25, -0.2) is 4.39 Å². The quantitative estimate of drug-likeness (QED) is 0.889. The molecule has 1 fully saturated rings. The van der Waals surface area contributed by atoms with E-state index in [1.54, 1.807) is 18.3 Å². The topological polar surface area (TPSA) is 57.8 Å². The zero-order valence-electron chi connectivity index (χ0n) is 10.5. The van der Waals surface area contributed by atoms with Crippen molar-refractivity contribution in [2.24, 2.45) is 0 Å². The number of benzene rings is 1. The Kier molecular flexibility index (Phi) is 2.62. The Labute approximate surface area is 110 Å². The third kappa shape index (κ3) is 2.01. The number of carbonyl (C=O) groups excluding carboxylic acids is 1. The van der Waals surface area contributed by atoms with Crippen LogP contribution in [0.5, 0.6) is 0 Å². The number of anilines is 1. The molecule has 1 amide bonds. The lowest BCUT2D eigenvalue weighted by atomic mass is 9.95. The van der Waals surface area contributed by atoms with Crippen LogP contribution < -0.4 is 5.32 Å². The van der Waals surface area contributed by atoms with Crippen LogP contribution in [0.2, 0.25) is 0 Å². The fourth-order valence-electron chi connectivity index (χ4n) is 2.25. The van der Waals surface area contributed by atoms with Crippen LogP contribution in [0.25, 0.3) is 0 Å². The zero-order valence-corrected chi connectivity index (χ0v) is 10.5. The van der Waals surface area contributed by atoms with E-state index in [2.05, 4.69) is 15.5 Å².